The first-order valence-corrected chi connectivity index (χ1v) is 5.41. The highest BCUT2D eigenvalue weighted by Crippen LogP contribution is 2.04. The normalized spacial score (nSPS) is 13.8. The molecule has 0 aromatic heterocycles. The molecule has 0 aromatic carbocycles. The van der Waals surface area contributed by atoms with E-state index in [-0.39, 0.29) is 0 Å². The van der Waals surface area contributed by atoms with Crippen molar-refractivity contribution < 1.29 is 0 Å². The molecule has 0 saturated carbocycles. The Morgan fingerprint density at radius 3 is 2.07 bits per heavy atom. The van der Waals surface area contributed by atoms with Gasteiger partial charge in [0.2, 0.25) is 0 Å². The van der Waals surface area contributed by atoms with Gasteiger partial charge in [0, 0.05) is 13.6 Å². The zero-order valence-electron chi connectivity index (χ0n) is 10.9. The average Bonchev–Trinajstić information content (AvgIpc) is 2.65. The quantitative estimate of drug-likeness (QED) is 0.583. The van der Waals surface area contributed by atoms with Gasteiger partial charge >= 0.3 is 0 Å². The van der Waals surface area contributed by atoms with Crippen molar-refractivity contribution in [2.45, 2.75) is 27.7 Å². The molecule has 1 nitrogen and oxygen atoms in total. The topological polar surface area (TPSA) is 3.24 Å². The van der Waals surface area contributed by atoms with Gasteiger partial charge in [-0.2, -0.15) is 0 Å². The lowest BCUT2D eigenvalue weighted by Gasteiger charge is -2.03. The highest BCUT2D eigenvalue weighted by Gasteiger charge is 1.98. The Balaban J connectivity index is 0. The molecular formula is C14H25N. The van der Waals surface area contributed by atoms with Crippen molar-refractivity contribution in [3.8, 4) is 0 Å². The van der Waals surface area contributed by atoms with E-state index in [2.05, 4.69) is 18.1 Å². The number of likely N-dealkylation sites (N-methyl/N-ethyl adjacent to an activating group) is 1. The van der Waals surface area contributed by atoms with Crippen molar-refractivity contribution in [1.82, 2.24) is 4.90 Å². The third-order valence-corrected chi connectivity index (χ3v) is 1.79. The molecule has 0 spiro atoms. The van der Waals surface area contributed by atoms with E-state index < -0.39 is 0 Å². The molecule has 0 radical (unpaired) electrons. The standard InChI is InChI=1S/C6H9N.C6H10.C2H6/c1-6-3-4-7(2)5-6;1-4-6(3)5-2;1-2/h3-4H,1,5H2,2H3;4-5H,1H2,2-3H3;1-2H3/b;6-5-;. The SMILES string of the molecule is C=C/C(C)=C\C.C=C1C=CN(C)C1.CC. The van der Waals surface area contributed by atoms with Gasteiger partial charge in [0.1, 0.15) is 0 Å². The molecule has 1 rings (SSSR count). The molecule has 0 amide bonds. The van der Waals surface area contributed by atoms with Gasteiger partial charge in [-0.15, -0.1) is 0 Å². The molecule has 86 valence electrons. The summed E-state index contributed by atoms with van der Waals surface area (Å²) in [5.41, 5.74) is 2.43. The predicted octanol–water partition coefficient (Wildman–Crippen LogP) is 4.17. The fourth-order valence-electron chi connectivity index (χ4n) is 0.776. The van der Waals surface area contributed by atoms with Gasteiger partial charge in [-0.1, -0.05) is 44.7 Å². The zero-order chi connectivity index (χ0) is 12.3. The number of nitrogens with zero attached hydrogens (tertiary/aromatic N) is 1. The molecule has 15 heavy (non-hydrogen) atoms. The fourth-order valence-corrected chi connectivity index (χ4v) is 0.776. The number of rotatable bonds is 1. The maximum atomic E-state index is 3.78. The summed E-state index contributed by atoms with van der Waals surface area (Å²) in [5, 5.41) is 0. The van der Waals surface area contributed by atoms with Crippen LogP contribution in [-0.2, 0) is 0 Å². The molecule has 0 N–H and O–H groups in total. The van der Waals surface area contributed by atoms with Crippen molar-refractivity contribution in [2.75, 3.05) is 13.6 Å². The summed E-state index contributed by atoms with van der Waals surface area (Å²) in [7, 11) is 2.04. The molecule has 0 unspecified atom stereocenters. The lowest BCUT2D eigenvalue weighted by atomic mass is 10.3. The van der Waals surface area contributed by atoms with Crippen LogP contribution < -0.4 is 0 Å². The molecule has 0 aliphatic carbocycles. The minimum atomic E-state index is 1.00. The van der Waals surface area contributed by atoms with Gasteiger partial charge in [-0.25, -0.2) is 0 Å². The third-order valence-electron chi connectivity index (χ3n) is 1.79. The molecular weight excluding hydrogens is 182 g/mol. The first-order valence-electron chi connectivity index (χ1n) is 5.41. The van der Waals surface area contributed by atoms with E-state index in [0.29, 0.717) is 0 Å². The second-order valence-corrected chi connectivity index (χ2v) is 3.13. The summed E-state index contributed by atoms with van der Waals surface area (Å²) in [6.07, 6.45) is 7.91. The minimum Gasteiger partial charge on any atom is -0.376 e. The van der Waals surface area contributed by atoms with E-state index in [9.17, 15) is 0 Å². The van der Waals surface area contributed by atoms with E-state index in [4.69, 9.17) is 0 Å². The smallest absolute Gasteiger partial charge is 0.0415 e. The van der Waals surface area contributed by atoms with Crippen molar-refractivity contribution in [2.24, 2.45) is 0 Å². The van der Waals surface area contributed by atoms with Gasteiger partial charge in [0.25, 0.3) is 0 Å². The summed E-state index contributed by atoms with van der Waals surface area (Å²) in [6, 6.07) is 0. The molecule has 0 saturated heterocycles. The van der Waals surface area contributed by atoms with Crippen molar-refractivity contribution in [3.63, 3.8) is 0 Å². The van der Waals surface area contributed by atoms with Gasteiger partial charge < -0.3 is 4.90 Å². The highest BCUT2D eigenvalue weighted by molar-refractivity contribution is 5.21. The Morgan fingerprint density at radius 1 is 1.47 bits per heavy atom. The van der Waals surface area contributed by atoms with Crippen molar-refractivity contribution in [1.29, 1.82) is 0 Å². The predicted molar refractivity (Wildman–Crippen MR) is 71.9 cm³/mol. The Hall–Kier alpha value is -1.24. The summed E-state index contributed by atoms with van der Waals surface area (Å²) in [6.45, 7) is 16.4. The van der Waals surface area contributed by atoms with E-state index in [0.717, 1.165) is 6.54 Å². The molecule has 0 bridgehead atoms. The summed E-state index contributed by atoms with van der Waals surface area (Å²) >= 11 is 0. The highest BCUT2D eigenvalue weighted by atomic mass is 15.1. The molecule has 1 heterocycles. The van der Waals surface area contributed by atoms with Crippen LogP contribution in [0.2, 0.25) is 0 Å². The number of hydrogen-bond acceptors (Lipinski definition) is 1. The molecule has 0 atom stereocenters. The molecule has 0 fully saturated rings. The Morgan fingerprint density at radius 2 is 2.00 bits per heavy atom. The van der Waals surface area contributed by atoms with E-state index >= 15 is 0 Å². The van der Waals surface area contributed by atoms with E-state index in [1.165, 1.54) is 11.1 Å². The van der Waals surface area contributed by atoms with Gasteiger partial charge in [-0.3, -0.25) is 0 Å². The average molecular weight is 207 g/mol. The maximum Gasteiger partial charge on any atom is 0.0415 e. The minimum absolute atomic E-state index is 1.00. The van der Waals surface area contributed by atoms with Crippen LogP contribution in [-0.4, -0.2) is 18.5 Å². The molecule has 1 aliphatic rings. The van der Waals surface area contributed by atoms with Crippen LogP contribution in [0.5, 0.6) is 0 Å². The summed E-state index contributed by atoms with van der Waals surface area (Å²) in [4.78, 5) is 2.10. The van der Waals surface area contributed by atoms with Gasteiger partial charge in [0.05, 0.1) is 0 Å². The van der Waals surface area contributed by atoms with E-state index in [1.807, 2.05) is 59.2 Å². The summed E-state index contributed by atoms with van der Waals surface area (Å²) < 4.78 is 0. The van der Waals surface area contributed by atoms with Crippen LogP contribution in [0.1, 0.15) is 27.7 Å². The number of hydrogen-bond donors (Lipinski definition) is 0. The van der Waals surface area contributed by atoms with Crippen LogP contribution in [0.4, 0.5) is 0 Å². The Kier molecular flexibility index (Phi) is 11.7. The van der Waals surface area contributed by atoms with E-state index in [1.54, 1.807) is 0 Å². The Labute approximate surface area is 95.5 Å². The van der Waals surface area contributed by atoms with Crippen LogP contribution >= 0.6 is 0 Å². The fraction of sp³-hybridized carbons (Fsp3) is 0.429. The van der Waals surface area contributed by atoms with Crippen LogP contribution in [0.25, 0.3) is 0 Å². The van der Waals surface area contributed by atoms with Crippen LogP contribution in [0, 0.1) is 0 Å². The largest absolute Gasteiger partial charge is 0.376 e. The van der Waals surface area contributed by atoms with Crippen molar-refractivity contribution in [3.05, 3.63) is 48.7 Å². The first kappa shape index (κ1) is 16.2. The maximum absolute atomic E-state index is 3.78. The van der Waals surface area contributed by atoms with Crippen LogP contribution in [0.15, 0.2) is 48.7 Å². The van der Waals surface area contributed by atoms with Gasteiger partial charge in [-0.05, 0) is 31.7 Å². The molecule has 1 heteroatoms. The third kappa shape index (κ3) is 10.7. The zero-order valence-corrected chi connectivity index (χ0v) is 10.9. The monoisotopic (exact) mass is 207 g/mol. The lowest BCUT2D eigenvalue weighted by molar-refractivity contribution is 0.523. The van der Waals surface area contributed by atoms with Crippen molar-refractivity contribution >= 4 is 0 Å². The number of allylic oxidation sites excluding steroid dienone is 3. The van der Waals surface area contributed by atoms with Gasteiger partial charge in [0.15, 0.2) is 0 Å². The second kappa shape index (κ2) is 10.8. The second-order valence-electron chi connectivity index (χ2n) is 3.13. The molecule has 1 aliphatic heterocycles. The molecule has 0 aromatic rings. The van der Waals surface area contributed by atoms with Crippen LogP contribution in [0.3, 0.4) is 0 Å². The lowest BCUT2D eigenvalue weighted by Crippen LogP contribution is -2.05. The summed E-state index contributed by atoms with van der Waals surface area (Å²) in [5.74, 6) is 0. The first-order chi connectivity index (χ1) is 7.10. The Bertz CT molecular complexity index is 234.